The molecule has 3 rings (SSSR count). The van der Waals surface area contributed by atoms with E-state index in [1.807, 2.05) is 19.9 Å². The van der Waals surface area contributed by atoms with Gasteiger partial charge in [-0.1, -0.05) is 0 Å². The van der Waals surface area contributed by atoms with Crippen LogP contribution in [0.5, 0.6) is 0 Å². The van der Waals surface area contributed by atoms with Crippen LogP contribution in [-0.2, 0) is 4.79 Å². The lowest BCUT2D eigenvalue weighted by atomic mass is 9.74. The number of carboxylic acids is 1. The number of amides is 1. The zero-order valence-electron chi connectivity index (χ0n) is 12.6. The number of hydrogen-bond donors (Lipinski definition) is 2. The fraction of sp³-hybridized carbons (Fsp3) is 0.625. The van der Waals surface area contributed by atoms with Gasteiger partial charge in [-0.2, -0.15) is 0 Å². The van der Waals surface area contributed by atoms with Gasteiger partial charge in [0.2, 0.25) is 0 Å². The van der Waals surface area contributed by atoms with Gasteiger partial charge in [-0.15, -0.1) is 0 Å². The van der Waals surface area contributed by atoms with Gasteiger partial charge >= 0.3 is 5.97 Å². The zero-order valence-corrected chi connectivity index (χ0v) is 12.6. The third-order valence-corrected chi connectivity index (χ3v) is 4.82. The fourth-order valence-electron chi connectivity index (χ4n) is 3.45. The topological polar surface area (TPSA) is 71.3 Å². The molecule has 0 aliphatic heterocycles. The Balaban J connectivity index is 1.79. The highest BCUT2D eigenvalue weighted by molar-refractivity contribution is 5.96. The van der Waals surface area contributed by atoms with Crippen molar-refractivity contribution in [1.82, 2.24) is 9.88 Å². The fourth-order valence-corrected chi connectivity index (χ4v) is 3.45. The number of nitrogens with one attached hydrogen (secondary N) is 1. The number of carbonyl (C=O) groups is 2. The summed E-state index contributed by atoms with van der Waals surface area (Å²) in [6, 6.07) is 2.47. The minimum Gasteiger partial charge on any atom is -0.481 e. The lowest BCUT2D eigenvalue weighted by molar-refractivity contribution is -0.139. The van der Waals surface area contributed by atoms with Crippen LogP contribution in [0.25, 0.3) is 0 Å². The maximum Gasteiger partial charge on any atom is 0.305 e. The van der Waals surface area contributed by atoms with Crippen molar-refractivity contribution in [2.45, 2.75) is 64.0 Å². The minimum atomic E-state index is -0.849. The zero-order chi connectivity index (χ0) is 15.2. The Hall–Kier alpha value is -1.78. The molecule has 5 heteroatoms. The van der Waals surface area contributed by atoms with E-state index < -0.39 is 11.5 Å². The molecule has 1 aromatic heterocycles. The molecule has 0 saturated heterocycles. The highest BCUT2D eigenvalue weighted by Gasteiger charge is 2.41. The summed E-state index contributed by atoms with van der Waals surface area (Å²) in [6.07, 6.45) is 4.87. The second kappa shape index (κ2) is 4.90. The summed E-state index contributed by atoms with van der Waals surface area (Å²) in [5, 5.41) is 12.0. The van der Waals surface area contributed by atoms with E-state index in [0.717, 1.165) is 30.7 Å². The van der Waals surface area contributed by atoms with Gasteiger partial charge in [0, 0.05) is 17.4 Å². The van der Waals surface area contributed by atoms with E-state index in [2.05, 4.69) is 9.88 Å². The molecule has 0 aromatic carbocycles. The Morgan fingerprint density at radius 1 is 1.38 bits per heavy atom. The molecule has 21 heavy (non-hydrogen) atoms. The smallest absolute Gasteiger partial charge is 0.305 e. The number of aryl methyl sites for hydroxylation is 1. The maximum atomic E-state index is 12.5. The Labute approximate surface area is 124 Å². The molecule has 0 atom stereocenters. The summed E-state index contributed by atoms with van der Waals surface area (Å²) in [5.41, 5.74) is 2.26. The molecule has 2 aliphatic rings. The second-order valence-electron chi connectivity index (χ2n) is 6.54. The van der Waals surface area contributed by atoms with Gasteiger partial charge in [0.1, 0.15) is 0 Å². The van der Waals surface area contributed by atoms with Crippen molar-refractivity contribution in [2.75, 3.05) is 0 Å². The molecule has 0 spiro atoms. The lowest BCUT2D eigenvalue weighted by Crippen LogP contribution is -2.54. The number of carboxylic acid groups (broad SMARTS) is 1. The first-order chi connectivity index (χ1) is 9.92. The quantitative estimate of drug-likeness (QED) is 0.875. The van der Waals surface area contributed by atoms with Crippen molar-refractivity contribution >= 4 is 11.9 Å². The SMILES string of the molecule is Cc1cc(C(=O)NC2(CC(=O)O)CCC2)c(C)n1C1CC1. The van der Waals surface area contributed by atoms with Crippen LogP contribution in [0.2, 0.25) is 0 Å². The molecule has 0 radical (unpaired) electrons. The number of aliphatic carboxylic acids is 1. The summed E-state index contributed by atoms with van der Waals surface area (Å²) in [7, 11) is 0. The normalized spacial score (nSPS) is 19.9. The summed E-state index contributed by atoms with van der Waals surface area (Å²) < 4.78 is 2.24. The first-order valence-electron chi connectivity index (χ1n) is 7.65. The van der Waals surface area contributed by atoms with E-state index in [1.165, 1.54) is 12.8 Å². The molecule has 1 aromatic rings. The largest absolute Gasteiger partial charge is 0.481 e. The van der Waals surface area contributed by atoms with Crippen LogP contribution in [0, 0.1) is 13.8 Å². The lowest BCUT2D eigenvalue weighted by Gasteiger charge is -2.41. The molecule has 1 amide bonds. The molecular weight excluding hydrogens is 268 g/mol. The van der Waals surface area contributed by atoms with Crippen molar-refractivity contribution in [3.63, 3.8) is 0 Å². The molecule has 2 saturated carbocycles. The average Bonchev–Trinajstić information content (AvgIpc) is 3.12. The molecule has 114 valence electrons. The Bertz CT molecular complexity index is 595. The van der Waals surface area contributed by atoms with E-state index in [4.69, 9.17) is 5.11 Å². The molecule has 2 N–H and O–H groups in total. The van der Waals surface area contributed by atoms with Gasteiger partial charge in [0.25, 0.3) is 5.91 Å². The van der Waals surface area contributed by atoms with Crippen LogP contribution in [0.15, 0.2) is 6.07 Å². The van der Waals surface area contributed by atoms with Crippen LogP contribution < -0.4 is 5.32 Å². The van der Waals surface area contributed by atoms with Crippen LogP contribution in [0.4, 0.5) is 0 Å². The van der Waals surface area contributed by atoms with E-state index in [-0.39, 0.29) is 12.3 Å². The molecule has 1 heterocycles. The van der Waals surface area contributed by atoms with Gasteiger partial charge in [-0.3, -0.25) is 9.59 Å². The van der Waals surface area contributed by atoms with Gasteiger partial charge in [0.15, 0.2) is 0 Å². The molecule has 2 aliphatic carbocycles. The second-order valence-corrected chi connectivity index (χ2v) is 6.54. The molecule has 0 bridgehead atoms. The first-order valence-corrected chi connectivity index (χ1v) is 7.65. The average molecular weight is 290 g/mol. The van der Waals surface area contributed by atoms with E-state index in [9.17, 15) is 9.59 Å². The van der Waals surface area contributed by atoms with Gasteiger partial charge < -0.3 is 15.0 Å². The first kappa shape index (κ1) is 14.2. The number of aromatic nitrogens is 1. The molecular formula is C16H22N2O3. The number of carbonyl (C=O) groups excluding carboxylic acids is 1. The number of rotatable bonds is 5. The van der Waals surface area contributed by atoms with Crippen LogP contribution in [0.1, 0.15) is 66.3 Å². The van der Waals surface area contributed by atoms with Crippen LogP contribution in [0.3, 0.4) is 0 Å². The van der Waals surface area contributed by atoms with E-state index in [0.29, 0.717) is 11.6 Å². The maximum absolute atomic E-state index is 12.5. The number of hydrogen-bond acceptors (Lipinski definition) is 2. The predicted octanol–water partition coefficient (Wildman–Crippen LogP) is 2.57. The van der Waals surface area contributed by atoms with E-state index >= 15 is 0 Å². The summed E-state index contributed by atoms with van der Waals surface area (Å²) in [5.74, 6) is -0.977. The third-order valence-electron chi connectivity index (χ3n) is 4.82. The summed E-state index contributed by atoms with van der Waals surface area (Å²) in [4.78, 5) is 23.5. The van der Waals surface area contributed by atoms with Crippen molar-refractivity contribution in [3.05, 3.63) is 23.0 Å². The summed E-state index contributed by atoms with van der Waals surface area (Å²) >= 11 is 0. The monoisotopic (exact) mass is 290 g/mol. The van der Waals surface area contributed by atoms with Gasteiger partial charge in [0.05, 0.1) is 17.5 Å². The Morgan fingerprint density at radius 3 is 2.52 bits per heavy atom. The van der Waals surface area contributed by atoms with Crippen LogP contribution >= 0.6 is 0 Å². The highest BCUT2D eigenvalue weighted by atomic mass is 16.4. The van der Waals surface area contributed by atoms with Crippen molar-refractivity contribution in [3.8, 4) is 0 Å². The van der Waals surface area contributed by atoms with Crippen molar-refractivity contribution in [1.29, 1.82) is 0 Å². The minimum absolute atomic E-state index is 0.0140. The van der Waals surface area contributed by atoms with Gasteiger partial charge in [-0.25, -0.2) is 0 Å². The van der Waals surface area contributed by atoms with Crippen molar-refractivity contribution in [2.24, 2.45) is 0 Å². The summed E-state index contributed by atoms with van der Waals surface area (Å²) in [6.45, 7) is 4.00. The van der Waals surface area contributed by atoms with E-state index in [1.54, 1.807) is 0 Å². The van der Waals surface area contributed by atoms with Crippen LogP contribution in [-0.4, -0.2) is 27.1 Å². The molecule has 5 nitrogen and oxygen atoms in total. The Morgan fingerprint density at radius 2 is 2.05 bits per heavy atom. The predicted molar refractivity (Wildman–Crippen MR) is 78.5 cm³/mol. The molecule has 2 fully saturated rings. The van der Waals surface area contributed by atoms with Crippen molar-refractivity contribution < 1.29 is 14.7 Å². The third kappa shape index (κ3) is 2.57. The standard InChI is InChI=1S/C16H22N2O3/c1-10-8-13(11(2)18(10)12-4-5-12)15(21)17-16(6-3-7-16)9-14(19)20/h8,12H,3-7,9H2,1-2H3,(H,17,21)(H,19,20). The van der Waals surface area contributed by atoms with Gasteiger partial charge in [-0.05, 0) is 52.0 Å². The highest BCUT2D eigenvalue weighted by Crippen LogP contribution is 2.39. The number of nitrogens with zero attached hydrogens (tertiary/aromatic N) is 1. The Kier molecular flexibility index (Phi) is 3.30. The molecule has 0 unspecified atom stereocenters.